The quantitative estimate of drug-likeness (QED) is 0.679. The number of ether oxygens (including phenoxy) is 1. The molecule has 0 bridgehead atoms. The predicted octanol–water partition coefficient (Wildman–Crippen LogP) is 4.86. The van der Waals surface area contributed by atoms with Gasteiger partial charge in [-0.1, -0.05) is 13.3 Å². The molecule has 0 unspecified atom stereocenters. The highest BCUT2D eigenvalue weighted by atomic mass is 79.9. The van der Waals surface area contributed by atoms with Crippen LogP contribution in [0.3, 0.4) is 0 Å². The van der Waals surface area contributed by atoms with E-state index in [2.05, 4.69) is 22.9 Å². The molecule has 0 radical (unpaired) electrons. The molecule has 1 aromatic carbocycles. The van der Waals surface area contributed by atoms with E-state index >= 15 is 0 Å². The minimum Gasteiger partial charge on any atom is -0.489 e. The van der Waals surface area contributed by atoms with Gasteiger partial charge in [-0.2, -0.15) is 0 Å². The summed E-state index contributed by atoms with van der Waals surface area (Å²) in [6.45, 7) is 2.18. The monoisotopic (exact) mass is 398 g/mol. The zero-order valence-electron chi connectivity index (χ0n) is 11.6. The second-order valence-corrected chi connectivity index (χ2v) is 8.71. The number of hydrogen-bond donors (Lipinski definition) is 0. The van der Waals surface area contributed by atoms with Crippen LogP contribution in [0, 0.1) is 11.7 Å². The Morgan fingerprint density at radius 1 is 1.33 bits per heavy atom. The van der Waals surface area contributed by atoms with E-state index in [1.807, 2.05) is 0 Å². The maximum Gasteiger partial charge on any atom is 0.264 e. The van der Waals surface area contributed by atoms with E-state index in [0.717, 1.165) is 43.7 Å². The van der Waals surface area contributed by atoms with Gasteiger partial charge in [0.1, 0.15) is 16.5 Å². The van der Waals surface area contributed by atoms with Crippen molar-refractivity contribution in [2.45, 2.75) is 50.0 Å². The van der Waals surface area contributed by atoms with Gasteiger partial charge in [-0.15, -0.1) is 0 Å². The average molecular weight is 400 g/mol. The Labute approximate surface area is 137 Å². The first-order chi connectivity index (χ1) is 9.81. The van der Waals surface area contributed by atoms with E-state index < -0.39 is 19.8 Å². The fraction of sp³-hybridized carbons (Fsp3) is 0.571. The third-order valence-electron chi connectivity index (χ3n) is 3.91. The molecular formula is C14H17BrClFO3S. The van der Waals surface area contributed by atoms with Gasteiger partial charge >= 0.3 is 0 Å². The van der Waals surface area contributed by atoms with Gasteiger partial charge in [0, 0.05) is 16.7 Å². The highest BCUT2D eigenvalue weighted by Gasteiger charge is 2.24. The van der Waals surface area contributed by atoms with Crippen LogP contribution in [-0.2, 0) is 9.05 Å². The minimum absolute atomic E-state index is 0.0435. The topological polar surface area (TPSA) is 43.4 Å². The van der Waals surface area contributed by atoms with E-state index in [9.17, 15) is 12.8 Å². The van der Waals surface area contributed by atoms with Crippen LogP contribution in [-0.4, -0.2) is 14.5 Å². The molecule has 0 spiro atoms. The van der Waals surface area contributed by atoms with Gasteiger partial charge in [0.05, 0.1) is 10.6 Å². The fourth-order valence-electron chi connectivity index (χ4n) is 2.63. The van der Waals surface area contributed by atoms with E-state index in [1.165, 1.54) is 6.42 Å². The van der Waals surface area contributed by atoms with Crippen LogP contribution in [0.4, 0.5) is 4.39 Å². The van der Waals surface area contributed by atoms with Crippen LogP contribution < -0.4 is 4.74 Å². The Morgan fingerprint density at radius 3 is 2.48 bits per heavy atom. The Morgan fingerprint density at radius 2 is 1.95 bits per heavy atom. The zero-order chi connectivity index (χ0) is 15.6. The molecule has 7 heteroatoms. The molecule has 0 amide bonds. The summed E-state index contributed by atoms with van der Waals surface area (Å²) in [5, 5.41) is 0. The molecule has 2 rings (SSSR count). The minimum atomic E-state index is -4.10. The molecule has 118 valence electrons. The molecule has 0 N–H and O–H groups in total. The Kier molecular flexibility index (Phi) is 5.54. The summed E-state index contributed by atoms with van der Waals surface area (Å²) in [5.74, 6) is 0.163. The van der Waals surface area contributed by atoms with Crippen molar-refractivity contribution in [3.63, 3.8) is 0 Å². The highest BCUT2D eigenvalue weighted by molar-refractivity contribution is 9.10. The highest BCUT2D eigenvalue weighted by Crippen LogP contribution is 2.35. The summed E-state index contributed by atoms with van der Waals surface area (Å²) < 4.78 is 42.5. The normalized spacial score (nSPS) is 23.0. The van der Waals surface area contributed by atoms with Crippen molar-refractivity contribution >= 4 is 35.7 Å². The largest absolute Gasteiger partial charge is 0.489 e. The second kappa shape index (κ2) is 6.84. The van der Waals surface area contributed by atoms with Crippen LogP contribution in [0.5, 0.6) is 5.75 Å². The van der Waals surface area contributed by atoms with Crippen molar-refractivity contribution < 1.29 is 17.5 Å². The zero-order valence-corrected chi connectivity index (χ0v) is 14.8. The molecule has 0 aliphatic heterocycles. The van der Waals surface area contributed by atoms with Crippen molar-refractivity contribution in [3.8, 4) is 5.75 Å². The number of rotatable bonds is 4. The summed E-state index contributed by atoms with van der Waals surface area (Å²) in [4.78, 5) is -0.543. The molecular weight excluding hydrogens is 383 g/mol. The van der Waals surface area contributed by atoms with Crippen molar-refractivity contribution in [2.24, 2.45) is 5.92 Å². The van der Waals surface area contributed by atoms with Gasteiger partial charge in [0.25, 0.3) is 9.05 Å². The van der Waals surface area contributed by atoms with Crippen molar-refractivity contribution in [2.75, 3.05) is 0 Å². The molecule has 1 saturated carbocycles. The van der Waals surface area contributed by atoms with E-state index in [0.29, 0.717) is 10.2 Å². The Bertz CT molecular complexity index is 613. The van der Waals surface area contributed by atoms with E-state index in [4.69, 9.17) is 15.4 Å². The standard InChI is InChI=1S/C14H17BrClFO3S/c1-2-9-3-5-10(6-4-9)20-13-8-12(17)14(7-11(13)15)21(16,18)19/h7-10H,2-6H2,1H3. The molecule has 1 aliphatic rings. The van der Waals surface area contributed by atoms with Gasteiger partial charge in [-0.25, -0.2) is 12.8 Å². The number of hydrogen-bond acceptors (Lipinski definition) is 3. The van der Waals surface area contributed by atoms with Gasteiger partial charge in [0.2, 0.25) is 0 Å². The molecule has 3 nitrogen and oxygen atoms in total. The third kappa shape index (κ3) is 4.33. The molecule has 0 atom stereocenters. The second-order valence-electron chi connectivity index (χ2n) is 5.32. The Hall–Kier alpha value is -0.330. The van der Waals surface area contributed by atoms with E-state index in [-0.39, 0.29) is 6.10 Å². The van der Waals surface area contributed by atoms with Gasteiger partial charge < -0.3 is 4.74 Å². The first-order valence-corrected chi connectivity index (χ1v) is 10.0. The molecule has 21 heavy (non-hydrogen) atoms. The number of benzene rings is 1. The maximum absolute atomic E-state index is 13.8. The van der Waals surface area contributed by atoms with Crippen LogP contribution in [0.25, 0.3) is 0 Å². The molecule has 1 aliphatic carbocycles. The molecule has 0 heterocycles. The summed E-state index contributed by atoms with van der Waals surface area (Å²) in [6, 6.07) is 2.22. The average Bonchev–Trinajstić information content (AvgIpc) is 2.42. The van der Waals surface area contributed by atoms with Crippen molar-refractivity contribution in [1.29, 1.82) is 0 Å². The van der Waals surface area contributed by atoms with Gasteiger partial charge in [-0.05, 0) is 53.6 Å². The van der Waals surface area contributed by atoms with Crippen LogP contribution in [0.2, 0.25) is 0 Å². The fourth-order valence-corrected chi connectivity index (χ4v) is 4.12. The van der Waals surface area contributed by atoms with Crippen LogP contribution in [0.1, 0.15) is 39.0 Å². The Balaban J connectivity index is 2.13. The molecule has 1 fully saturated rings. The smallest absolute Gasteiger partial charge is 0.264 e. The first kappa shape index (κ1) is 17.0. The lowest BCUT2D eigenvalue weighted by Crippen LogP contribution is -2.24. The van der Waals surface area contributed by atoms with Crippen LogP contribution in [0.15, 0.2) is 21.5 Å². The third-order valence-corrected chi connectivity index (χ3v) is 5.87. The van der Waals surface area contributed by atoms with Crippen LogP contribution >= 0.6 is 26.6 Å². The summed E-state index contributed by atoms with van der Waals surface area (Å²) >= 11 is 3.21. The van der Waals surface area contributed by atoms with Gasteiger partial charge in [-0.3, -0.25) is 0 Å². The lowest BCUT2D eigenvalue weighted by Gasteiger charge is -2.28. The molecule has 0 saturated heterocycles. The summed E-state index contributed by atoms with van der Waals surface area (Å²) in [6.07, 6.45) is 5.30. The number of halogens is 3. The lowest BCUT2D eigenvalue weighted by molar-refractivity contribution is 0.128. The summed E-state index contributed by atoms with van der Waals surface area (Å²) in [7, 11) is 1.08. The molecule has 1 aromatic rings. The lowest BCUT2D eigenvalue weighted by atomic mass is 9.86. The maximum atomic E-state index is 13.8. The van der Waals surface area contributed by atoms with E-state index in [1.54, 1.807) is 0 Å². The molecule has 0 aromatic heterocycles. The van der Waals surface area contributed by atoms with Gasteiger partial charge in [0.15, 0.2) is 0 Å². The predicted molar refractivity (Wildman–Crippen MR) is 83.8 cm³/mol. The first-order valence-electron chi connectivity index (χ1n) is 6.91. The van der Waals surface area contributed by atoms with Crippen molar-refractivity contribution in [3.05, 3.63) is 22.4 Å². The summed E-state index contributed by atoms with van der Waals surface area (Å²) in [5.41, 5.74) is 0. The van der Waals surface area contributed by atoms with Crippen molar-refractivity contribution in [1.82, 2.24) is 0 Å². The SMILES string of the molecule is CCC1CCC(Oc2cc(F)c(S(=O)(=O)Cl)cc2Br)CC1.